The van der Waals surface area contributed by atoms with Crippen molar-refractivity contribution in [2.45, 2.75) is 57.9 Å². The van der Waals surface area contributed by atoms with E-state index in [0.717, 1.165) is 92.4 Å². The van der Waals surface area contributed by atoms with Gasteiger partial charge in [-0.1, -0.05) is 30.3 Å². The number of nitrogens with one attached hydrogen (secondary N) is 4. The van der Waals surface area contributed by atoms with Gasteiger partial charge in [-0.25, -0.2) is 0 Å². The molecule has 8 nitrogen and oxygen atoms in total. The highest BCUT2D eigenvalue weighted by atomic mass is 16.2. The number of hydrogen-bond donors (Lipinski definition) is 4. The number of piperidine rings is 1. The molecule has 0 radical (unpaired) electrons. The Morgan fingerprint density at radius 1 is 0.915 bits per heavy atom. The molecule has 1 saturated heterocycles. The maximum Gasteiger partial charge on any atom is 0.255 e. The van der Waals surface area contributed by atoms with Crippen LogP contribution in [0.2, 0.25) is 0 Å². The monoisotopic (exact) mass is 628 g/mol. The highest BCUT2D eigenvalue weighted by molar-refractivity contribution is 6.05. The molecule has 1 fully saturated rings. The number of hydrogen-bond acceptors (Lipinski definition) is 5. The van der Waals surface area contributed by atoms with Crippen LogP contribution >= 0.6 is 0 Å². The minimum atomic E-state index is -0.123. The Balaban J connectivity index is 0.844. The molecular formula is C39H44N6O2. The van der Waals surface area contributed by atoms with Crippen LogP contribution in [0.3, 0.4) is 0 Å². The zero-order valence-corrected chi connectivity index (χ0v) is 27.0. The van der Waals surface area contributed by atoms with Gasteiger partial charge in [0.05, 0.1) is 11.4 Å². The standard InChI is InChI=1S/C39H44N6O2/c46-38(42-21-6-5-20-41-37-32-9-1-3-11-35(32)44-36-12-4-2-10-33(36)37)30-8-7-23-45(26-30)25-27-13-15-28(16-14-27)39(47)43-31-17-18-34-29(24-31)19-22-40-34/h1,3,9,11,13-19,22,24,30,40H,2,4-8,10,12,20-21,23,25-26H2,(H,41,44)(H,42,46)(H,43,47)/t30-/m0/s1. The van der Waals surface area contributed by atoms with Gasteiger partial charge in [-0.2, -0.15) is 0 Å². The predicted molar refractivity (Wildman–Crippen MR) is 190 cm³/mol. The average molecular weight is 629 g/mol. The van der Waals surface area contributed by atoms with Crippen LogP contribution in [0.5, 0.6) is 0 Å². The topological polar surface area (TPSA) is 102 Å². The molecule has 4 N–H and O–H groups in total. The maximum atomic E-state index is 13.1. The summed E-state index contributed by atoms with van der Waals surface area (Å²) in [5, 5.41) is 12.2. The Morgan fingerprint density at radius 3 is 2.68 bits per heavy atom. The summed E-state index contributed by atoms with van der Waals surface area (Å²) in [5.74, 6) is 0.0578. The molecular weight excluding hydrogens is 584 g/mol. The van der Waals surface area contributed by atoms with E-state index in [-0.39, 0.29) is 17.7 Å². The second-order valence-corrected chi connectivity index (χ2v) is 13.1. The van der Waals surface area contributed by atoms with Gasteiger partial charge in [0.2, 0.25) is 5.91 Å². The van der Waals surface area contributed by atoms with Crippen LogP contribution < -0.4 is 16.0 Å². The van der Waals surface area contributed by atoms with Crippen LogP contribution in [0.1, 0.15) is 65.7 Å². The molecule has 5 aromatic rings. The Bertz CT molecular complexity index is 1860. The average Bonchev–Trinajstić information content (AvgIpc) is 3.58. The lowest BCUT2D eigenvalue weighted by atomic mass is 9.92. The van der Waals surface area contributed by atoms with Gasteiger partial charge < -0.3 is 20.9 Å². The number of aromatic nitrogens is 2. The summed E-state index contributed by atoms with van der Waals surface area (Å²) in [6, 6.07) is 24.1. The van der Waals surface area contributed by atoms with E-state index < -0.39 is 0 Å². The third-order valence-electron chi connectivity index (χ3n) is 9.68. The van der Waals surface area contributed by atoms with Crippen molar-refractivity contribution in [3.05, 3.63) is 101 Å². The van der Waals surface area contributed by atoms with Gasteiger partial charge in [0.25, 0.3) is 5.91 Å². The number of para-hydroxylation sites is 1. The van der Waals surface area contributed by atoms with Gasteiger partial charge in [-0.05, 0) is 112 Å². The fraction of sp³-hybridized carbons (Fsp3) is 0.359. The minimum Gasteiger partial charge on any atom is -0.384 e. The summed E-state index contributed by atoms with van der Waals surface area (Å²) in [6.07, 6.45) is 10.4. The molecule has 0 unspecified atom stereocenters. The number of unbranched alkanes of at least 4 members (excludes halogenated alkanes) is 1. The third-order valence-corrected chi connectivity index (χ3v) is 9.68. The van der Waals surface area contributed by atoms with Gasteiger partial charge >= 0.3 is 0 Å². The van der Waals surface area contributed by atoms with Crippen LogP contribution in [0.15, 0.2) is 79.0 Å². The number of aryl methyl sites for hydroxylation is 1. The molecule has 2 aromatic heterocycles. The van der Waals surface area contributed by atoms with Gasteiger partial charge in [0.1, 0.15) is 0 Å². The summed E-state index contributed by atoms with van der Waals surface area (Å²) >= 11 is 0. The number of amides is 2. The molecule has 0 bridgehead atoms. The van der Waals surface area contributed by atoms with E-state index in [1.165, 1.54) is 35.2 Å². The van der Waals surface area contributed by atoms with Gasteiger partial charge in [-0.15, -0.1) is 0 Å². The van der Waals surface area contributed by atoms with Crippen molar-refractivity contribution in [2.24, 2.45) is 5.92 Å². The molecule has 2 amide bonds. The Kier molecular flexibility index (Phi) is 9.47. The van der Waals surface area contributed by atoms with Crippen molar-refractivity contribution in [3.8, 4) is 0 Å². The quantitative estimate of drug-likeness (QED) is 0.117. The molecule has 242 valence electrons. The molecule has 47 heavy (non-hydrogen) atoms. The van der Waals surface area contributed by atoms with Crippen LogP contribution in [0, 0.1) is 5.92 Å². The number of H-pyrrole nitrogens is 1. The van der Waals surface area contributed by atoms with Crippen molar-refractivity contribution in [3.63, 3.8) is 0 Å². The largest absolute Gasteiger partial charge is 0.384 e. The van der Waals surface area contributed by atoms with E-state index in [9.17, 15) is 9.59 Å². The van der Waals surface area contributed by atoms with E-state index in [1.807, 2.05) is 54.7 Å². The third kappa shape index (κ3) is 7.33. The zero-order chi connectivity index (χ0) is 32.0. The number of benzene rings is 3. The summed E-state index contributed by atoms with van der Waals surface area (Å²) in [6.45, 7) is 4.10. The van der Waals surface area contributed by atoms with Crippen molar-refractivity contribution >= 4 is 45.0 Å². The molecule has 8 heteroatoms. The van der Waals surface area contributed by atoms with E-state index in [1.54, 1.807) is 0 Å². The molecule has 0 saturated carbocycles. The first-order valence-electron chi connectivity index (χ1n) is 17.2. The Labute approximate surface area is 276 Å². The number of rotatable bonds is 11. The number of pyridine rings is 1. The molecule has 3 heterocycles. The molecule has 1 atom stereocenters. The number of nitrogens with zero attached hydrogens (tertiary/aromatic N) is 2. The summed E-state index contributed by atoms with van der Waals surface area (Å²) in [4.78, 5) is 36.4. The fourth-order valence-electron chi connectivity index (χ4n) is 7.16. The molecule has 0 spiro atoms. The second kappa shape index (κ2) is 14.4. The Morgan fingerprint density at radius 2 is 1.77 bits per heavy atom. The zero-order valence-electron chi connectivity index (χ0n) is 27.0. The van der Waals surface area contributed by atoms with Crippen LogP contribution in [0.25, 0.3) is 21.8 Å². The van der Waals surface area contributed by atoms with Crippen LogP contribution in [-0.2, 0) is 24.2 Å². The number of likely N-dealkylation sites (tertiary alicyclic amines) is 1. The number of carbonyl (C=O) groups excluding carboxylic acids is 2. The number of aromatic amines is 1. The smallest absolute Gasteiger partial charge is 0.255 e. The van der Waals surface area contributed by atoms with Crippen molar-refractivity contribution in [2.75, 3.05) is 36.8 Å². The lowest BCUT2D eigenvalue weighted by Gasteiger charge is -2.32. The Hall–Kier alpha value is -4.69. The molecule has 1 aliphatic carbocycles. The van der Waals surface area contributed by atoms with Gasteiger partial charge in [0.15, 0.2) is 0 Å². The van der Waals surface area contributed by atoms with E-state index in [0.29, 0.717) is 12.1 Å². The molecule has 2 aliphatic rings. The highest BCUT2D eigenvalue weighted by Crippen LogP contribution is 2.33. The van der Waals surface area contributed by atoms with E-state index >= 15 is 0 Å². The fourth-order valence-corrected chi connectivity index (χ4v) is 7.16. The van der Waals surface area contributed by atoms with E-state index in [2.05, 4.69) is 50.1 Å². The van der Waals surface area contributed by atoms with Gasteiger partial charge in [0, 0.05) is 71.3 Å². The SMILES string of the molecule is O=C(Nc1ccc2[nH]ccc2c1)c1ccc(CN2CCC[C@H](C(=O)NCCCCNc3c4c(nc5ccccc35)CCCC4)C2)cc1. The predicted octanol–water partition coefficient (Wildman–Crippen LogP) is 7.07. The first-order valence-corrected chi connectivity index (χ1v) is 17.2. The van der Waals surface area contributed by atoms with Crippen LogP contribution in [0.4, 0.5) is 11.4 Å². The number of fused-ring (bicyclic) bond motifs is 3. The van der Waals surface area contributed by atoms with E-state index in [4.69, 9.17) is 4.98 Å². The first kappa shape index (κ1) is 30.9. The van der Waals surface area contributed by atoms with Crippen molar-refractivity contribution in [1.29, 1.82) is 0 Å². The van der Waals surface area contributed by atoms with Crippen LogP contribution in [-0.4, -0.2) is 52.9 Å². The highest BCUT2D eigenvalue weighted by Gasteiger charge is 2.25. The second-order valence-electron chi connectivity index (χ2n) is 13.1. The number of anilines is 2. The van der Waals surface area contributed by atoms with Crippen molar-refractivity contribution in [1.82, 2.24) is 20.2 Å². The molecule has 3 aromatic carbocycles. The first-order chi connectivity index (χ1) is 23.1. The summed E-state index contributed by atoms with van der Waals surface area (Å²) in [7, 11) is 0. The maximum absolute atomic E-state index is 13.1. The number of carbonyl (C=O) groups is 2. The molecule has 1 aliphatic heterocycles. The van der Waals surface area contributed by atoms with Gasteiger partial charge in [-0.3, -0.25) is 19.5 Å². The summed E-state index contributed by atoms with van der Waals surface area (Å²) < 4.78 is 0. The normalized spacial score (nSPS) is 16.6. The lowest BCUT2D eigenvalue weighted by Crippen LogP contribution is -2.42. The lowest BCUT2D eigenvalue weighted by molar-refractivity contribution is -0.126. The minimum absolute atomic E-state index is 0.0130. The van der Waals surface area contributed by atoms with Crippen molar-refractivity contribution < 1.29 is 9.59 Å². The summed E-state index contributed by atoms with van der Waals surface area (Å²) in [5.41, 5.74) is 8.58. The molecule has 7 rings (SSSR count).